The second-order valence-electron chi connectivity index (χ2n) is 7.08. The number of nitrogens with one attached hydrogen (secondary N) is 1. The molecule has 1 saturated heterocycles. The molecule has 2 rings (SSSR count). The van der Waals surface area contributed by atoms with Gasteiger partial charge in [0.1, 0.15) is 0 Å². The van der Waals surface area contributed by atoms with Gasteiger partial charge >= 0.3 is 6.18 Å². The van der Waals surface area contributed by atoms with Crippen LogP contribution in [0.5, 0.6) is 0 Å². The van der Waals surface area contributed by atoms with Gasteiger partial charge in [0.2, 0.25) is 5.91 Å². The van der Waals surface area contributed by atoms with Crippen LogP contribution in [0.15, 0.2) is 0 Å². The summed E-state index contributed by atoms with van der Waals surface area (Å²) in [6.45, 7) is 8.14. The molecule has 23 heavy (non-hydrogen) atoms. The SMILES string of the molecule is CC(C)N1CCN(CC(=O)NC2CCCC(C(F)(F)F)C2)CC1. The summed E-state index contributed by atoms with van der Waals surface area (Å²) in [4.78, 5) is 16.5. The zero-order chi connectivity index (χ0) is 17.0. The summed E-state index contributed by atoms with van der Waals surface area (Å²) in [6.07, 6.45) is -2.75. The van der Waals surface area contributed by atoms with Crippen LogP contribution in [0.1, 0.15) is 39.5 Å². The standard InChI is InChI=1S/C16H28F3N3O/c1-12(2)22-8-6-21(7-9-22)11-15(23)20-14-5-3-4-13(10-14)16(17,18)19/h12-14H,3-11H2,1-2H3,(H,20,23). The van der Waals surface area contributed by atoms with Gasteiger partial charge in [-0.05, 0) is 33.1 Å². The summed E-state index contributed by atoms with van der Waals surface area (Å²) < 4.78 is 38.4. The molecule has 0 aromatic rings. The molecule has 134 valence electrons. The number of amides is 1. The molecule has 1 amide bonds. The molecule has 0 aromatic heterocycles. The maximum atomic E-state index is 12.8. The van der Waals surface area contributed by atoms with Gasteiger partial charge in [0.25, 0.3) is 0 Å². The molecule has 0 spiro atoms. The first-order valence-electron chi connectivity index (χ1n) is 8.58. The van der Waals surface area contributed by atoms with Crippen LogP contribution in [0.4, 0.5) is 13.2 Å². The smallest absolute Gasteiger partial charge is 0.352 e. The molecule has 2 atom stereocenters. The summed E-state index contributed by atoms with van der Waals surface area (Å²) in [5.41, 5.74) is 0. The molecular weight excluding hydrogens is 307 g/mol. The molecule has 2 unspecified atom stereocenters. The highest BCUT2D eigenvalue weighted by atomic mass is 19.4. The molecule has 4 nitrogen and oxygen atoms in total. The average molecular weight is 335 g/mol. The van der Waals surface area contributed by atoms with Crippen molar-refractivity contribution in [2.45, 2.75) is 57.8 Å². The fraction of sp³-hybridized carbons (Fsp3) is 0.938. The van der Waals surface area contributed by atoms with Gasteiger partial charge in [-0.25, -0.2) is 0 Å². The minimum atomic E-state index is -4.14. The van der Waals surface area contributed by atoms with Gasteiger partial charge in [0, 0.05) is 38.3 Å². The number of piperazine rings is 1. The van der Waals surface area contributed by atoms with Crippen molar-refractivity contribution in [2.75, 3.05) is 32.7 Å². The fourth-order valence-corrected chi connectivity index (χ4v) is 3.53. The first kappa shape index (κ1) is 18.5. The number of hydrogen-bond donors (Lipinski definition) is 1. The van der Waals surface area contributed by atoms with E-state index in [1.165, 1.54) is 0 Å². The molecule has 0 bridgehead atoms. The average Bonchev–Trinajstić information content (AvgIpc) is 2.47. The number of carbonyl (C=O) groups excluding carboxylic acids is 1. The first-order valence-corrected chi connectivity index (χ1v) is 8.58. The summed E-state index contributed by atoms with van der Waals surface area (Å²) in [6, 6.07) is 0.173. The van der Waals surface area contributed by atoms with Gasteiger partial charge in [-0.1, -0.05) is 6.42 Å². The lowest BCUT2D eigenvalue weighted by Crippen LogP contribution is -2.52. The molecule has 1 heterocycles. The minimum Gasteiger partial charge on any atom is -0.352 e. The number of halogens is 3. The van der Waals surface area contributed by atoms with Gasteiger partial charge in [-0.15, -0.1) is 0 Å². The lowest BCUT2D eigenvalue weighted by Gasteiger charge is -2.37. The third-order valence-corrected chi connectivity index (χ3v) is 5.01. The Morgan fingerprint density at radius 3 is 2.39 bits per heavy atom. The van der Waals surface area contributed by atoms with E-state index in [0.29, 0.717) is 25.4 Å². The lowest BCUT2D eigenvalue weighted by molar-refractivity contribution is -0.184. The molecule has 0 radical (unpaired) electrons. The van der Waals surface area contributed by atoms with E-state index >= 15 is 0 Å². The van der Waals surface area contributed by atoms with Crippen molar-refractivity contribution in [1.29, 1.82) is 0 Å². The molecule has 7 heteroatoms. The second-order valence-corrected chi connectivity index (χ2v) is 7.08. The Morgan fingerprint density at radius 1 is 1.17 bits per heavy atom. The summed E-state index contributed by atoms with van der Waals surface area (Å²) in [5, 5.41) is 2.81. The van der Waals surface area contributed by atoms with Gasteiger partial charge in [0.05, 0.1) is 12.5 Å². The molecule has 1 saturated carbocycles. The second kappa shape index (κ2) is 7.83. The van der Waals surface area contributed by atoms with E-state index in [9.17, 15) is 18.0 Å². The lowest BCUT2D eigenvalue weighted by atomic mass is 9.85. The summed E-state index contributed by atoms with van der Waals surface area (Å²) in [5.74, 6) is -1.41. The monoisotopic (exact) mass is 335 g/mol. The molecule has 0 aromatic carbocycles. The largest absolute Gasteiger partial charge is 0.391 e. The quantitative estimate of drug-likeness (QED) is 0.856. The van der Waals surface area contributed by atoms with Crippen molar-refractivity contribution in [3.05, 3.63) is 0 Å². The highest BCUT2D eigenvalue weighted by Gasteiger charge is 2.42. The van der Waals surface area contributed by atoms with E-state index in [-0.39, 0.29) is 24.8 Å². The van der Waals surface area contributed by atoms with Gasteiger partial charge < -0.3 is 5.32 Å². The highest BCUT2D eigenvalue weighted by Crippen LogP contribution is 2.37. The number of nitrogens with zero attached hydrogens (tertiary/aromatic N) is 2. The molecule has 1 N–H and O–H groups in total. The van der Waals surface area contributed by atoms with Gasteiger partial charge in [0.15, 0.2) is 0 Å². The van der Waals surface area contributed by atoms with E-state index in [1.807, 2.05) is 0 Å². The predicted octanol–water partition coefficient (Wildman–Crippen LogP) is 2.25. The number of rotatable bonds is 4. The van der Waals surface area contributed by atoms with Gasteiger partial charge in [-0.2, -0.15) is 13.2 Å². The van der Waals surface area contributed by atoms with Crippen LogP contribution in [-0.4, -0.2) is 66.7 Å². The highest BCUT2D eigenvalue weighted by molar-refractivity contribution is 5.78. The van der Waals surface area contributed by atoms with Crippen molar-refractivity contribution in [3.8, 4) is 0 Å². The van der Waals surface area contributed by atoms with Crippen molar-refractivity contribution in [3.63, 3.8) is 0 Å². The Labute approximate surface area is 136 Å². The molecule has 2 aliphatic rings. The molecule has 1 aliphatic heterocycles. The topological polar surface area (TPSA) is 35.6 Å². The van der Waals surface area contributed by atoms with Crippen LogP contribution in [0, 0.1) is 5.92 Å². The maximum absolute atomic E-state index is 12.8. The minimum absolute atomic E-state index is 0.0242. The maximum Gasteiger partial charge on any atom is 0.391 e. The van der Waals surface area contributed by atoms with E-state index in [1.54, 1.807) is 0 Å². The zero-order valence-electron chi connectivity index (χ0n) is 14.0. The van der Waals surface area contributed by atoms with Crippen LogP contribution >= 0.6 is 0 Å². The zero-order valence-corrected chi connectivity index (χ0v) is 14.0. The van der Waals surface area contributed by atoms with E-state index in [0.717, 1.165) is 26.2 Å². The Balaban J connectivity index is 1.73. The van der Waals surface area contributed by atoms with Crippen LogP contribution in [0.2, 0.25) is 0 Å². The van der Waals surface area contributed by atoms with Crippen LogP contribution < -0.4 is 5.32 Å². The Morgan fingerprint density at radius 2 is 1.83 bits per heavy atom. The van der Waals surface area contributed by atoms with Crippen LogP contribution in [0.25, 0.3) is 0 Å². The first-order chi connectivity index (χ1) is 10.8. The summed E-state index contributed by atoms with van der Waals surface area (Å²) >= 11 is 0. The number of carbonyl (C=O) groups is 1. The third kappa shape index (κ3) is 5.64. The van der Waals surface area contributed by atoms with E-state index in [4.69, 9.17) is 0 Å². The Bertz CT molecular complexity index is 393. The third-order valence-electron chi connectivity index (χ3n) is 5.01. The number of alkyl halides is 3. The van der Waals surface area contributed by atoms with E-state index < -0.39 is 12.1 Å². The number of hydrogen-bond acceptors (Lipinski definition) is 3. The normalized spacial score (nSPS) is 28.1. The van der Waals surface area contributed by atoms with Crippen molar-refractivity contribution >= 4 is 5.91 Å². The van der Waals surface area contributed by atoms with E-state index in [2.05, 4.69) is 29.0 Å². The molecule has 2 fully saturated rings. The molecular formula is C16H28F3N3O. The van der Waals surface area contributed by atoms with Crippen LogP contribution in [0.3, 0.4) is 0 Å². The van der Waals surface area contributed by atoms with Gasteiger partial charge in [-0.3, -0.25) is 14.6 Å². The van der Waals surface area contributed by atoms with Crippen molar-refractivity contribution in [2.24, 2.45) is 5.92 Å². The Kier molecular flexibility index (Phi) is 6.31. The Hall–Kier alpha value is -0.820. The summed E-state index contributed by atoms with van der Waals surface area (Å²) in [7, 11) is 0. The van der Waals surface area contributed by atoms with Crippen molar-refractivity contribution in [1.82, 2.24) is 15.1 Å². The predicted molar refractivity (Wildman–Crippen MR) is 83.1 cm³/mol. The van der Waals surface area contributed by atoms with Crippen molar-refractivity contribution < 1.29 is 18.0 Å². The molecule has 1 aliphatic carbocycles. The fourth-order valence-electron chi connectivity index (χ4n) is 3.53. The van der Waals surface area contributed by atoms with Crippen LogP contribution in [-0.2, 0) is 4.79 Å².